The molecule has 0 unspecified atom stereocenters. The second-order valence-corrected chi connectivity index (χ2v) is 18.7. The SMILES string of the molecule is COc1ccc(CN(Cc2ccc(OC)cc2)S(=O)(=O)c2c(S(=O)(=O)NCCCNC(=O)OC(C)(C)C)ccc(I)c2-c2nnn(Cc3ccc(OC)cc3)n2)cc1. The number of hydrogen-bond acceptors (Lipinski definition) is 12. The number of carbonyl (C=O) groups excluding carboxylic acids is 1. The van der Waals surface area contributed by atoms with Crippen LogP contribution in [0.25, 0.3) is 11.4 Å². The molecular weight excluding hydrogens is 902 g/mol. The molecule has 4 aromatic carbocycles. The maximum atomic E-state index is 15.3. The lowest BCUT2D eigenvalue weighted by atomic mass is 10.2. The summed E-state index contributed by atoms with van der Waals surface area (Å²) < 4.78 is 84.4. The van der Waals surface area contributed by atoms with Gasteiger partial charge in [0.25, 0.3) is 0 Å². The Morgan fingerprint density at radius 1 is 0.759 bits per heavy atom. The molecule has 0 aliphatic rings. The van der Waals surface area contributed by atoms with Crippen molar-refractivity contribution < 1.29 is 40.6 Å². The summed E-state index contributed by atoms with van der Waals surface area (Å²) in [7, 11) is -4.62. The van der Waals surface area contributed by atoms with E-state index in [0.29, 0.717) is 31.9 Å². The molecule has 0 fully saturated rings. The van der Waals surface area contributed by atoms with E-state index in [4.69, 9.17) is 18.9 Å². The van der Waals surface area contributed by atoms with E-state index < -0.39 is 41.5 Å². The Bertz CT molecular complexity index is 2340. The number of nitrogens with one attached hydrogen (secondary N) is 2. The van der Waals surface area contributed by atoms with E-state index in [1.165, 1.54) is 35.5 Å². The zero-order valence-electron chi connectivity index (χ0n) is 32.9. The van der Waals surface area contributed by atoms with Crippen LogP contribution in [0.1, 0.15) is 43.9 Å². The molecule has 5 rings (SSSR count). The van der Waals surface area contributed by atoms with Crippen LogP contribution in [0.2, 0.25) is 0 Å². The van der Waals surface area contributed by atoms with E-state index in [0.717, 1.165) is 5.56 Å². The fraction of sp³-hybridized carbons (Fsp3) is 0.333. The van der Waals surface area contributed by atoms with Crippen molar-refractivity contribution in [2.24, 2.45) is 0 Å². The molecule has 1 aromatic heterocycles. The Morgan fingerprint density at radius 2 is 1.28 bits per heavy atom. The summed E-state index contributed by atoms with van der Waals surface area (Å²) in [5.41, 5.74) is 1.31. The highest BCUT2D eigenvalue weighted by Crippen LogP contribution is 2.38. The highest BCUT2D eigenvalue weighted by atomic mass is 127. The van der Waals surface area contributed by atoms with Crippen LogP contribution in [0.4, 0.5) is 4.79 Å². The summed E-state index contributed by atoms with van der Waals surface area (Å²) in [4.78, 5) is 12.4. The van der Waals surface area contributed by atoms with Gasteiger partial charge >= 0.3 is 6.09 Å². The fourth-order valence-corrected chi connectivity index (χ4v) is 9.98. The van der Waals surface area contributed by atoms with Gasteiger partial charge in [0.15, 0.2) is 0 Å². The summed E-state index contributed by atoms with van der Waals surface area (Å²) >= 11 is 1.95. The van der Waals surface area contributed by atoms with Crippen LogP contribution in [0, 0.1) is 3.57 Å². The molecule has 0 spiro atoms. The van der Waals surface area contributed by atoms with E-state index in [-0.39, 0.29) is 50.5 Å². The molecule has 0 saturated carbocycles. The Labute approximate surface area is 352 Å². The molecule has 0 aliphatic heterocycles. The van der Waals surface area contributed by atoms with E-state index >= 15 is 8.42 Å². The van der Waals surface area contributed by atoms with Crippen molar-refractivity contribution in [3.63, 3.8) is 0 Å². The molecule has 0 radical (unpaired) electrons. The van der Waals surface area contributed by atoms with Crippen molar-refractivity contribution in [3.05, 3.63) is 105 Å². The number of amides is 1. The van der Waals surface area contributed by atoms with Gasteiger partial charge in [0.2, 0.25) is 25.9 Å². The third-order valence-electron chi connectivity index (χ3n) is 8.47. The lowest BCUT2D eigenvalue weighted by molar-refractivity contribution is 0.0527. The number of rotatable bonds is 18. The van der Waals surface area contributed by atoms with Crippen molar-refractivity contribution in [1.29, 1.82) is 0 Å². The average Bonchev–Trinajstić information content (AvgIpc) is 3.65. The number of alkyl carbamates (subject to hydrolysis) is 1. The van der Waals surface area contributed by atoms with Crippen molar-refractivity contribution in [2.45, 2.75) is 62.2 Å². The molecular formula is C39H46IN7O9S2. The van der Waals surface area contributed by atoms with Crippen LogP contribution in [0.15, 0.2) is 94.7 Å². The van der Waals surface area contributed by atoms with Crippen LogP contribution in [0.5, 0.6) is 17.2 Å². The minimum absolute atomic E-state index is 0.0366. The summed E-state index contributed by atoms with van der Waals surface area (Å²) in [6.45, 7) is 5.08. The first kappa shape index (κ1) is 44.3. The molecule has 0 atom stereocenters. The largest absolute Gasteiger partial charge is 0.497 e. The number of nitrogens with zero attached hydrogens (tertiary/aromatic N) is 5. The van der Waals surface area contributed by atoms with Gasteiger partial charge in [0, 0.05) is 29.7 Å². The number of benzene rings is 4. The van der Waals surface area contributed by atoms with Crippen LogP contribution in [-0.2, 0) is 44.4 Å². The Morgan fingerprint density at radius 3 is 1.78 bits per heavy atom. The maximum absolute atomic E-state index is 15.3. The minimum atomic E-state index is -4.72. The predicted molar refractivity (Wildman–Crippen MR) is 225 cm³/mol. The van der Waals surface area contributed by atoms with Gasteiger partial charge in [-0.3, -0.25) is 0 Å². The smallest absolute Gasteiger partial charge is 0.407 e. The maximum Gasteiger partial charge on any atom is 0.407 e. The summed E-state index contributed by atoms with van der Waals surface area (Å²) in [5, 5.41) is 15.6. The van der Waals surface area contributed by atoms with Gasteiger partial charge in [0.05, 0.1) is 33.4 Å². The van der Waals surface area contributed by atoms with Gasteiger partial charge in [-0.15, -0.1) is 10.2 Å². The standard InChI is InChI=1S/C39H46IN7O9S2/c1-39(2,3)56-38(48)41-22-7-23-42-57(49,50)34-21-20-33(40)35(37-43-45-47(44-37)26-29-12-18-32(55-6)19-13-29)36(34)58(51,52)46(24-27-8-14-30(53-4)15-9-27)25-28-10-16-31(54-5)17-11-28/h8-21,42H,7,22-26H2,1-6H3,(H,41,48). The number of sulfonamides is 2. The number of tetrazole rings is 1. The van der Waals surface area contributed by atoms with Gasteiger partial charge in [-0.2, -0.15) is 9.10 Å². The molecule has 1 heterocycles. The molecule has 5 aromatic rings. The average molecular weight is 948 g/mol. The molecule has 2 N–H and O–H groups in total. The number of hydrogen-bond donors (Lipinski definition) is 2. The lowest BCUT2D eigenvalue weighted by Crippen LogP contribution is -2.35. The molecule has 1 amide bonds. The first-order chi connectivity index (χ1) is 27.5. The molecule has 58 heavy (non-hydrogen) atoms. The van der Waals surface area contributed by atoms with Gasteiger partial charge in [-0.25, -0.2) is 26.4 Å². The highest BCUT2D eigenvalue weighted by molar-refractivity contribution is 14.1. The molecule has 0 bridgehead atoms. The quantitative estimate of drug-likeness (QED) is 0.0818. The summed E-state index contributed by atoms with van der Waals surface area (Å²) in [6.07, 6.45) is -0.465. The monoisotopic (exact) mass is 947 g/mol. The molecule has 0 saturated heterocycles. The number of aromatic nitrogens is 4. The number of carbonyl (C=O) groups is 1. The van der Waals surface area contributed by atoms with Gasteiger partial charge in [-0.05, 0) is 120 Å². The first-order valence-corrected chi connectivity index (χ1v) is 22.0. The molecule has 0 aliphatic carbocycles. The third-order valence-corrected chi connectivity index (χ3v) is 12.9. The van der Waals surface area contributed by atoms with E-state index in [1.807, 2.05) is 34.7 Å². The van der Waals surface area contributed by atoms with Crippen LogP contribution < -0.4 is 24.2 Å². The number of ether oxygens (including phenoxy) is 4. The predicted octanol–water partition coefficient (Wildman–Crippen LogP) is 5.60. The zero-order chi connectivity index (χ0) is 42.1. The first-order valence-electron chi connectivity index (χ1n) is 18.0. The normalized spacial score (nSPS) is 12.0. The molecule has 19 heteroatoms. The van der Waals surface area contributed by atoms with Crippen molar-refractivity contribution in [3.8, 4) is 28.6 Å². The highest BCUT2D eigenvalue weighted by Gasteiger charge is 2.37. The zero-order valence-corrected chi connectivity index (χ0v) is 36.7. The third kappa shape index (κ3) is 11.6. The Hall–Kier alpha value is -4.83. The van der Waals surface area contributed by atoms with E-state index in [9.17, 15) is 13.2 Å². The molecule has 16 nitrogen and oxygen atoms in total. The number of methoxy groups -OCH3 is 3. The van der Waals surface area contributed by atoms with Gasteiger partial charge in [0.1, 0.15) is 32.6 Å². The van der Waals surface area contributed by atoms with Crippen molar-refractivity contribution >= 4 is 48.7 Å². The summed E-state index contributed by atoms with van der Waals surface area (Å²) in [5.74, 6) is 1.74. The van der Waals surface area contributed by atoms with Crippen LogP contribution >= 0.6 is 22.6 Å². The topological polar surface area (TPSA) is 193 Å². The van der Waals surface area contributed by atoms with Crippen LogP contribution in [0.3, 0.4) is 0 Å². The Kier molecular flexibility index (Phi) is 14.7. The fourth-order valence-electron chi connectivity index (χ4n) is 5.62. The van der Waals surface area contributed by atoms with Gasteiger partial charge < -0.3 is 24.3 Å². The van der Waals surface area contributed by atoms with E-state index in [2.05, 4.69) is 25.4 Å². The Balaban J connectivity index is 1.59. The minimum Gasteiger partial charge on any atom is -0.497 e. The van der Waals surface area contributed by atoms with Crippen molar-refractivity contribution in [2.75, 3.05) is 34.4 Å². The van der Waals surface area contributed by atoms with Crippen LogP contribution in [-0.4, -0.2) is 87.5 Å². The van der Waals surface area contributed by atoms with E-state index in [1.54, 1.807) is 88.5 Å². The van der Waals surface area contributed by atoms with Crippen molar-refractivity contribution in [1.82, 2.24) is 34.6 Å². The lowest BCUT2D eigenvalue weighted by Gasteiger charge is -2.25. The second kappa shape index (κ2) is 19.3. The second-order valence-electron chi connectivity index (χ2n) is 13.9. The summed E-state index contributed by atoms with van der Waals surface area (Å²) in [6, 6.07) is 23.8. The van der Waals surface area contributed by atoms with Gasteiger partial charge in [-0.1, -0.05) is 36.4 Å². The number of halogens is 1. The molecule has 310 valence electrons.